The number of nitrogens with one attached hydrogen (secondary N) is 1. The molecule has 0 heterocycles. The van der Waals surface area contributed by atoms with Crippen LogP contribution in [-0.4, -0.2) is 6.54 Å². The molecule has 0 saturated heterocycles. The van der Waals surface area contributed by atoms with Crippen LogP contribution in [0.4, 0.5) is 4.39 Å². The summed E-state index contributed by atoms with van der Waals surface area (Å²) in [4.78, 5) is 0. The molecule has 0 unspecified atom stereocenters. The maximum atomic E-state index is 14.3. The van der Waals surface area contributed by atoms with Crippen LogP contribution >= 0.6 is 0 Å². The molecule has 0 bridgehead atoms. The number of halogens is 1. The van der Waals surface area contributed by atoms with Gasteiger partial charge in [-0.1, -0.05) is 49.7 Å². The van der Waals surface area contributed by atoms with Crippen LogP contribution in [0.1, 0.15) is 43.2 Å². The van der Waals surface area contributed by atoms with E-state index in [0.717, 1.165) is 23.6 Å². The SMILES string of the molecule is CCNCc1ccc(-c2ccc(C3CCC3)cc2)c(F)c1. The molecule has 0 atom stereocenters. The van der Waals surface area contributed by atoms with Gasteiger partial charge in [0.2, 0.25) is 0 Å². The Morgan fingerprint density at radius 1 is 1.10 bits per heavy atom. The van der Waals surface area contributed by atoms with Crippen molar-refractivity contribution < 1.29 is 4.39 Å². The highest BCUT2D eigenvalue weighted by Crippen LogP contribution is 2.37. The largest absolute Gasteiger partial charge is 0.313 e. The van der Waals surface area contributed by atoms with Gasteiger partial charge in [0.1, 0.15) is 5.82 Å². The summed E-state index contributed by atoms with van der Waals surface area (Å²) >= 11 is 0. The summed E-state index contributed by atoms with van der Waals surface area (Å²) < 4.78 is 14.3. The first-order chi connectivity index (χ1) is 10.3. The lowest BCUT2D eigenvalue weighted by Crippen LogP contribution is -2.11. The van der Waals surface area contributed by atoms with Crippen LogP contribution in [-0.2, 0) is 6.54 Å². The average Bonchev–Trinajstić information content (AvgIpc) is 2.44. The summed E-state index contributed by atoms with van der Waals surface area (Å²) in [5.41, 5.74) is 4.04. The minimum absolute atomic E-state index is 0.137. The monoisotopic (exact) mass is 283 g/mol. The summed E-state index contributed by atoms with van der Waals surface area (Å²) in [5.74, 6) is 0.591. The first-order valence-electron chi connectivity index (χ1n) is 7.87. The fraction of sp³-hybridized carbons (Fsp3) is 0.368. The molecule has 2 aromatic carbocycles. The summed E-state index contributed by atoms with van der Waals surface area (Å²) in [6.07, 6.45) is 3.94. The molecule has 1 N–H and O–H groups in total. The van der Waals surface area contributed by atoms with Crippen molar-refractivity contribution in [1.82, 2.24) is 5.32 Å². The summed E-state index contributed by atoms with van der Waals surface area (Å²) in [7, 11) is 0. The zero-order valence-electron chi connectivity index (χ0n) is 12.5. The van der Waals surface area contributed by atoms with Crippen LogP contribution < -0.4 is 5.32 Å². The first kappa shape index (κ1) is 14.3. The summed E-state index contributed by atoms with van der Waals surface area (Å²) in [5, 5.41) is 3.22. The molecule has 1 aliphatic rings. The molecule has 0 spiro atoms. The van der Waals surface area contributed by atoms with E-state index in [-0.39, 0.29) is 5.82 Å². The molecule has 3 rings (SSSR count). The molecule has 1 nitrogen and oxygen atoms in total. The maximum absolute atomic E-state index is 14.3. The van der Waals surface area contributed by atoms with Gasteiger partial charge < -0.3 is 5.32 Å². The van der Waals surface area contributed by atoms with Crippen molar-refractivity contribution in [3.05, 3.63) is 59.4 Å². The predicted octanol–water partition coefficient (Wildman–Crippen LogP) is 4.87. The second-order valence-electron chi connectivity index (χ2n) is 5.84. The van der Waals surface area contributed by atoms with Crippen LogP contribution in [0.25, 0.3) is 11.1 Å². The van der Waals surface area contributed by atoms with Crippen molar-refractivity contribution in [2.75, 3.05) is 6.54 Å². The number of benzene rings is 2. The molecule has 110 valence electrons. The Morgan fingerprint density at radius 3 is 2.43 bits per heavy atom. The number of hydrogen-bond acceptors (Lipinski definition) is 1. The van der Waals surface area contributed by atoms with Gasteiger partial charge in [0.05, 0.1) is 0 Å². The van der Waals surface area contributed by atoms with Crippen LogP contribution in [0, 0.1) is 5.82 Å². The zero-order chi connectivity index (χ0) is 14.7. The molecule has 0 radical (unpaired) electrons. The molecule has 0 amide bonds. The Bertz CT molecular complexity index is 599. The van der Waals surface area contributed by atoms with Gasteiger partial charge in [-0.2, -0.15) is 0 Å². The Hall–Kier alpha value is -1.67. The molecular weight excluding hydrogens is 261 g/mol. The smallest absolute Gasteiger partial charge is 0.131 e. The normalized spacial score (nSPS) is 15.0. The van der Waals surface area contributed by atoms with Gasteiger partial charge in [0, 0.05) is 12.1 Å². The molecule has 0 aliphatic heterocycles. The molecular formula is C19H22FN. The van der Waals surface area contributed by atoms with Crippen LogP contribution in [0.5, 0.6) is 0 Å². The van der Waals surface area contributed by atoms with E-state index in [9.17, 15) is 4.39 Å². The number of rotatable bonds is 5. The molecule has 2 aromatic rings. The average molecular weight is 283 g/mol. The van der Waals surface area contributed by atoms with Gasteiger partial charge >= 0.3 is 0 Å². The van der Waals surface area contributed by atoms with E-state index in [1.54, 1.807) is 6.07 Å². The standard InChI is InChI=1S/C19H22FN/c1-2-21-13-14-6-11-18(19(20)12-14)17-9-7-16(8-10-17)15-4-3-5-15/h6-12,15,21H,2-5,13H2,1H3. The van der Waals surface area contributed by atoms with Gasteiger partial charge in [0.25, 0.3) is 0 Å². The molecule has 0 aromatic heterocycles. The number of hydrogen-bond donors (Lipinski definition) is 1. The van der Waals surface area contributed by atoms with Gasteiger partial charge in [-0.15, -0.1) is 0 Å². The quantitative estimate of drug-likeness (QED) is 0.825. The van der Waals surface area contributed by atoms with Gasteiger partial charge in [-0.05, 0) is 48.1 Å². The summed E-state index contributed by atoms with van der Waals surface area (Å²) in [6, 6.07) is 13.9. The molecule has 21 heavy (non-hydrogen) atoms. The highest BCUT2D eigenvalue weighted by Gasteiger charge is 2.19. The third-order valence-corrected chi connectivity index (χ3v) is 4.41. The fourth-order valence-electron chi connectivity index (χ4n) is 2.85. The van der Waals surface area contributed by atoms with Crippen LogP contribution in [0.3, 0.4) is 0 Å². The predicted molar refractivity (Wildman–Crippen MR) is 85.8 cm³/mol. The lowest BCUT2D eigenvalue weighted by atomic mass is 9.80. The second-order valence-corrected chi connectivity index (χ2v) is 5.84. The van der Waals surface area contributed by atoms with E-state index in [1.807, 2.05) is 19.1 Å². The Kier molecular flexibility index (Phi) is 4.35. The van der Waals surface area contributed by atoms with E-state index in [2.05, 4.69) is 29.6 Å². The maximum Gasteiger partial charge on any atom is 0.131 e. The molecule has 1 saturated carbocycles. The van der Waals surface area contributed by atoms with Crippen molar-refractivity contribution >= 4 is 0 Å². The van der Waals surface area contributed by atoms with Crippen molar-refractivity contribution in [2.45, 2.75) is 38.6 Å². The van der Waals surface area contributed by atoms with E-state index < -0.39 is 0 Å². The molecule has 1 fully saturated rings. The Labute approximate surface area is 126 Å². The highest BCUT2D eigenvalue weighted by atomic mass is 19.1. The van der Waals surface area contributed by atoms with Crippen LogP contribution in [0.15, 0.2) is 42.5 Å². The van der Waals surface area contributed by atoms with Gasteiger partial charge in [0.15, 0.2) is 0 Å². The Morgan fingerprint density at radius 2 is 1.86 bits per heavy atom. The zero-order valence-corrected chi connectivity index (χ0v) is 12.5. The third-order valence-electron chi connectivity index (χ3n) is 4.41. The van der Waals surface area contributed by atoms with E-state index >= 15 is 0 Å². The van der Waals surface area contributed by atoms with Gasteiger partial charge in [-0.25, -0.2) is 4.39 Å². The lowest BCUT2D eigenvalue weighted by Gasteiger charge is -2.25. The van der Waals surface area contributed by atoms with Gasteiger partial charge in [-0.3, -0.25) is 0 Å². The third kappa shape index (κ3) is 3.16. The second kappa shape index (κ2) is 6.40. The van der Waals surface area contributed by atoms with Crippen molar-refractivity contribution in [3.63, 3.8) is 0 Å². The van der Waals surface area contributed by atoms with E-state index in [0.29, 0.717) is 12.1 Å². The fourth-order valence-corrected chi connectivity index (χ4v) is 2.85. The topological polar surface area (TPSA) is 12.0 Å². The minimum atomic E-state index is -0.137. The molecule has 1 aliphatic carbocycles. The molecule has 2 heteroatoms. The van der Waals surface area contributed by atoms with Crippen LogP contribution in [0.2, 0.25) is 0 Å². The lowest BCUT2D eigenvalue weighted by molar-refractivity contribution is 0.420. The first-order valence-corrected chi connectivity index (χ1v) is 7.87. The highest BCUT2D eigenvalue weighted by molar-refractivity contribution is 5.65. The van der Waals surface area contributed by atoms with E-state index in [4.69, 9.17) is 0 Å². The summed E-state index contributed by atoms with van der Waals surface area (Å²) in [6.45, 7) is 3.66. The van der Waals surface area contributed by atoms with E-state index in [1.165, 1.54) is 24.8 Å². The van der Waals surface area contributed by atoms with Crippen molar-refractivity contribution in [3.8, 4) is 11.1 Å². The minimum Gasteiger partial charge on any atom is -0.313 e. The van der Waals surface area contributed by atoms with Crippen molar-refractivity contribution in [1.29, 1.82) is 0 Å². The Balaban J connectivity index is 1.79. The van der Waals surface area contributed by atoms with Crippen molar-refractivity contribution in [2.24, 2.45) is 0 Å².